The summed E-state index contributed by atoms with van der Waals surface area (Å²) in [6, 6.07) is 80.6. The maximum absolute atomic E-state index is 5.08. The van der Waals surface area contributed by atoms with Crippen molar-refractivity contribution in [3.8, 4) is 61.8 Å². The van der Waals surface area contributed by atoms with E-state index in [0.29, 0.717) is 5.82 Å². The first kappa shape index (κ1) is 34.9. The normalized spacial score (nSPS) is 11.6. The minimum atomic E-state index is 0.712. The maximum atomic E-state index is 5.08. The number of benzene rings is 10. The Kier molecular flexibility index (Phi) is 8.17. The third kappa shape index (κ3) is 6.14. The second kappa shape index (κ2) is 14.3. The molecule has 0 aliphatic heterocycles. The third-order valence-corrected chi connectivity index (χ3v) is 12.2. The molecule has 0 amide bonds. The Bertz CT molecular complexity index is 3570. The van der Waals surface area contributed by atoms with Gasteiger partial charge in [0.05, 0.1) is 22.4 Å². The number of hydrogen-bond acceptors (Lipinski definition) is 2. The summed E-state index contributed by atoms with van der Waals surface area (Å²) in [4.78, 5) is 10.1. The van der Waals surface area contributed by atoms with Crippen LogP contribution in [0.1, 0.15) is 0 Å². The third-order valence-electron chi connectivity index (χ3n) is 12.2. The monoisotopic (exact) mass is 775 g/mol. The van der Waals surface area contributed by atoms with Crippen molar-refractivity contribution in [3.63, 3.8) is 0 Å². The zero-order valence-corrected chi connectivity index (χ0v) is 33.2. The molecule has 284 valence electrons. The maximum Gasteiger partial charge on any atom is 0.160 e. The highest BCUT2D eigenvalue weighted by molar-refractivity contribution is 6.22. The van der Waals surface area contributed by atoms with E-state index < -0.39 is 0 Å². The quantitative estimate of drug-likeness (QED) is 0.168. The van der Waals surface area contributed by atoms with Crippen molar-refractivity contribution in [2.45, 2.75) is 0 Å². The predicted octanol–water partition coefficient (Wildman–Crippen LogP) is 15.4. The van der Waals surface area contributed by atoms with E-state index in [2.05, 4.69) is 205 Å². The minimum absolute atomic E-state index is 0.712. The van der Waals surface area contributed by atoms with Crippen molar-refractivity contribution in [2.24, 2.45) is 0 Å². The minimum Gasteiger partial charge on any atom is -0.309 e. The lowest BCUT2D eigenvalue weighted by Crippen LogP contribution is -1.97. The van der Waals surface area contributed by atoms with E-state index in [1.54, 1.807) is 0 Å². The Morgan fingerprint density at radius 2 is 0.754 bits per heavy atom. The van der Waals surface area contributed by atoms with Crippen molar-refractivity contribution < 1.29 is 0 Å². The average Bonchev–Trinajstić information content (AvgIpc) is 3.68. The Morgan fingerprint density at radius 1 is 0.279 bits per heavy atom. The number of aromatic nitrogens is 3. The molecule has 12 aromatic rings. The Labute approximate surface area is 353 Å². The van der Waals surface area contributed by atoms with Crippen LogP contribution in [0.15, 0.2) is 224 Å². The van der Waals surface area contributed by atoms with Gasteiger partial charge in [0.25, 0.3) is 0 Å². The second-order valence-electron chi connectivity index (χ2n) is 15.8. The highest BCUT2D eigenvalue weighted by Gasteiger charge is 2.17. The molecule has 61 heavy (non-hydrogen) atoms. The van der Waals surface area contributed by atoms with Crippen LogP contribution in [-0.4, -0.2) is 14.5 Å². The Hall–Kier alpha value is -8.14. The van der Waals surface area contributed by atoms with Crippen molar-refractivity contribution in [3.05, 3.63) is 224 Å². The molecule has 0 aliphatic rings. The van der Waals surface area contributed by atoms with Gasteiger partial charge in [-0.3, -0.25) is 0 Å². The molecule has 2 heterocycles. The van der Waals surface area contributed by atoms with E-state index in [9.17, 15) is 0 Å². The molecule has 10 aromatic carbocycles. The molecule has 0 saturated carbocycles. The predicted molar refractivity (Wildman–Crippen MR) is 256 cm³/mol. The van der Waals surface area contributed by atoms with Gasteiger partial charge in [0.2, 0.25) is 0 Å². The van der Waals surface area contributed by atoms with E-state index in [4.69, 9.17) is 9.97 Å². The molecule has 0 unspecified atom stereocenters. The van der Waals surface area contributed by atoms with E-state index in [1.807, 2.05) is 24.3 Å². The lowest BCUT2D eigenvalue weighted by Gasteiger charge is -2.12. The number of fused-ring (bicyclic) bond motifs is 7. The van der Waals surface area contributed by atoms with Gasteiger partial charge in [-0.25, -0.2) is 9.97 Å². The van der Waals surface area contributed by atoms with Gasteiger partial charge in [-0.1, -0.05) is 170 Å². The van der Waals surface area contributed by atoms with Gasteiger partial charge in [0.1, 0.15) is 0 Å². The molecule has 0 saturated heterocycles. The molecule has 0 atom stereocenters. The van der Waals surface area contributed by atoms with Crippen LogP contribution in [0.2, 0.25) is 0 Å². The summed E-state index contributed by atoms with van der Waals surface area (Å²) in [6.07, 6.45) is 0. The summed E-state index contributed by atoms with van der Waals surface area (Å²) in [5, 5.41) is 9.96. The summed E-state index contributed by atoms with van der Waals surface area (Å²) in [5.74, 6) is 0.712. The van der Waals surface area contributed by atoms with Crippen molar-refractivity contribution in [1.29, 1.82) is 0 Å². The molecule has 0 radical (unpaired) electrons. The first-order valence-corrected chi connectivity index (χ1v) is 20.8. The molecule has 12 rings (SSSR count). The van der Waals surface area contributed by atoms with Gasteiger partial charge in [-0.2, -0.15) is 0 Å². The summed E-state index contributed by atoms with van der Waals surface area (Å²) in [5.41, 5.74) is 13.2. The average molecular weight is 776 g/mol. The zero-order valence-electron chi connectivity index (χ0n) is 33.2. The molecule has 3 heteroatoms. The fraction of sp³-hybridized carbons (Fsp3) is 0. The van der Waals surface area contributed by atoms with Gasteiger partial charge in [-0.05, 0) is 109 Å². The number of para-hydroxylation sites is 1. The van der Waals surface area contributed by atoms with Crippen LogP contribution in [0.4, 0.5) is 0 Å². The lowest BCUT2D eigenvalue weighted by atomic mass is 9.95. The van der Waals surface area contributed by atoms with Gasteiger partial charge < -0.3 is 4.57 Å². The topological polar surface area (TPSA) is 30.7 Å². The van der Waals surface area contributed by atoms with E-state index in [1.165, 1.54) is 76.4 Å². The van der Waals surface area contributed by atoms with Crippen molar-refractivity contribution in [1.82, 2.24) is 14.5 Å². The summed E-state index contributed by atoms with van der Waals surface area (Å²) >= 11 is 0. The molecule has 0 bridgehead atoms. The summed E-state index contributed by atoms with van der Waals surface area (Å²) in [6.45, 7) is 0. The first-order valence-electron chi connectivity index (χ1n) is 20.8. The number of hydrogen-bond donors (Lipinski definition) is 0. The molecular formula is C58H37N3. The van der Waals surface area contributed by atoms with E-state index in [-0.39, 0.29) is 0 Å². The fourth-order valence-corrected chi connectivity index (χ4v) is 9.07. The highest BCUT2D eigenvalue weighted by atomic mass is 15.0. The molecule has 2 aromatic heterocycles. The smallest absolute Gasteiger partial charge is 0.160 e. The second-order valence-corrected chi connectivity index (χ2v) is 15.8. The fourth-order valence-electron chi connectivity index (χ4n) is 9.07. The Balaban J connectivity index is 0.931. The van der Waals surface area contributed by atoms with Gasteiger partial charge in [0.15, 0.2) is 5.82 Å². The van der Waals surface area contributed by atoms with Crippen LogP contribution in [0.25, 0.3) is 116 Å². The van der Waals surface area contributed by atoms with Gasteiger partial charge >= 0.3 is 0 Å². The van der Waals surface area contributed by atoms with Crippen LogP contribution in [0, 0.1) is 0 Å². The highest BCUT2D eigenvalue weighted by Crippen LogP contribution is 2.39. The van der Waals surface area contributed by atoms with Crippen LogP contribution in [0.3, 0.4) is 0 Å². The van der Waals surface area contributed by atoms with Crippen LogP contribution < -0.4 is 0 Å². The molecule has 0 fully saturated rings. The molecular weight excluding hydrogens is 739 g/mol. The largest absolute Gasteiger partial charge is 0.309 e. The molecule has 0 spiro atoms. The van der Waals surface area contributed by atoms with Gasteiger partial charge in [0, 0.05) is 33.2 Å². The van der Waals surface area contributed by atoms with Crippen LogP contribution in [0.5, 0.6) is 0 Å². The summed E-state index contributed by atoms with van der Waals surface area (Å²) in [7, 11) is 0. The van der Waals surface area contributed by atoms with E-state index >= 15 is 0 Å². The standard InChI is InChI=1S/C58H37N3/c1-3-12-40(13-4-1)53-37-54(60-58(59-53)42-14-5-2-6-15-42)41-27-30-50(31-28-41)61-55-18-10-9-17-51(55)57-52-36-49(22-20-39(52)29-32-56(57)61)48-26-25-46-34-45(23-24-47(46)35-48)44-21-19-38-11-7-8-16-43(38)33-44/h1-37H. The van der Waals surface area contributed by atoms with Crippen LogP contribution >= 0.6 is 0 Å². The molecule has 0 aliphatic carbocycles. The number of nitrogens with zero attached hydrogens (tertiary/aromatic N) is 3. The molecule has 0 N–H and O–H groups in total. The Morgan fingerprint density at radius 3 is 1.43 bits per heavy atom. The van der Waals surface area contributed by atoms with Gasteiger partial charge in [-0.15, -0.1) is 0 Å². The lowest BCUT2D eigenvalue weighted by molar-refractivity contribution is 1.17. The van der Waals surface area contributed by atoms with Crippen molar-refractivity contribution in [2.75, 3.05) is 0 Å². The first-order chi connectivity index (χ1) is 30.2. The summed E-state index contributed by atoms with van der Waals surface area (Å²) < 4.78 is 2.40. The van der Waals surface area contributed by atoms with Crippen LogP contribution in [-0.2, 0) is 0 Å². The van der Waals surface area contributed by atoms with Crippen molar-refractivity contribution >= 4 is 54.1 Å². The molecule has 3 nitrogen and oxygen atoms in total. The van der Waals surface area contributed by atoms with E-state index in [0.717, 1.165) is 33.8 Å². The zero-order chi connectivity index (χ0) is 40.3. The number of rotatable bonds is 6. The SMILES string of the molecule is c1ccc(-c2cc(-c3ccc(-n4c5ccccc5c5c6cc(-c7ccc8cc(-c9ccc%10ccccc%10c9)ccc8c7)ccc6ccc54)cc3)nc(-c3ccccc3)n2)cc1.